The zero-order chi connectivity index (χ0) is 21.8. The predicted octanol–water partition coefficient (Wildman–Crippen LogP) is 2.10. The Hall–Kier alpha value is -2.90. The molecule has 1 amide bonds. The number of imidazole rings is 1. The monoisotopic (exact) mass is 422 g/mol. The van der Waals surface area contributed by atoms with Gasteiger partial charge in [0.25, 0.3) is 0 Å². The minimum Gasteiger partial charge on any atom is -0.393 e. The number of aryl methyl sites for hydroxylation is 1. The van der Waals surface area contributed by atoms with Gasteiger partial charge in [-0.05, 0) is 43.0 Å². The summed E-state index contributed by atoms with van der Waals surface area (Å²) in [6.07, 6.45) is 1.52. The highest BCUT2D eigenvalue weighted by molar-refractivity contribution is 5.80. The molecular formula is C24H30N4O3. The lowest BCUT2D eigenvalue weighted by molar-refractivity contribution is -0.121. The standard InChI is InChI=1S/C24H30N4O3/c1-2-27-21-5-3-4-6-22(21)28(24(27)31)17-23(30)25-15-18-7-9-19(10-8-18)16-26-13-11-20(29)12-14-26/h3-10,20,29H,2,11-17H2,1H3,(H,25,30). The number of piperidine rings is 1. The van der Waals surface area contributed by atoms with Gasteiger partial charge < -0.3 is 10.4 Å². The van der Waals surface area contributed by atoms with Gasteiger partial charge in [0.1, 0.15) is 6.54 Å². The van der Waals surface area contributed by atoms with Crippen LogP contribution in [-0.4, -0.2) is 44.2 Å². The molecule has 3 aromatic rings. The molecule has 1 saturated heterocycles. The van der Waals surface area contributed by atoms with E-state index in [2.05, 4.69) is 22.3 Å². The van der Waals surface area contributed by atoms with Crippen LogP contribution in [0, 0.1) is 0 Å². The highest BCUT2D eigenvalue weighted by Gasteiger charge is 2.17. The van der Waals surface area contributed by atoms with Crippen molar-refractivity contribution in [3.05, 3.63) is 70.1 Å². The molecule has 0 bridgehead atoms. The number of aromatic nitrogens is 2. The molecule has 7 heteroatoms. The number of carbonyl (C=O) groups is 1. The molecular weight excluding hydrogens is 392 g/mol. The van der Waals surface area contributed by atoms with Gasteiger partial charge >= 0.3 is 5.69 Å². The largest absolute Gasteiger partial charge is 0.393 e. The Labute approximate surface area is 181 Å². The lowest BCUT2D eigenvalue weighted by Crippen LogP contribution is -2.35. The van der Waals surface area contributed by atoms with Crippen LogP contribution in [0.1, 0.15) is 30.9 Å². The zero-order valence-electron chi connectivity index (χ0n) is 18.0. The Kier molecular flexibility index (Phi) is 6.53. The molecule has 2 aromatic carbocycles. The van der Waals surface area contributed by atoms with Crippen molar-refractivity contribution >= 4 is 16.9 Å². The second-order valence-corrected chi connectivity index (χ2v) is 8.20. The highest BCUT2D eigenvalue weighted by atomic mass is 16.3. The number of benzene rings is 2. The summed E-state index contributed by atoms with van der Waals surface area (Å²) in [6.45, 7) is 5.65. The second-order valence-electron chi connectivity index (χ2n) is 8.20. The predicted molar refractivity (Wildman–Crippen MR) is 121 cm³/mol. The van der Waals surface area contributed by atoms with E-state index in [0.717, 1.165) is 49.1 Å². The molecule has 31 heavy (non-hydrogen) atoms. The third-order valence-corrected chi connectivity index (χ3v) is 6.02. The van der Waals surface area contributed by atoms with Crippen LogP contribution >= 0.6 is 0 Å². The summed E-state index contributed by atoms with van der Waals surface area (Å²) in [5.41, 5.74) is 3.72. The third kappa shape index (κ3) is 4.89. The van der Waals surface area contributed by atoms with E-state index in [4.69, 9.17) is 0 Å². The summed E-state index contributed by atoms with van der Waals surface area (Å²) < 4.78 is 3.22. The van der Waals surface area contributed by atoms with E-state index >= 15 is 0 Å². The molecule has 1 aliphatic rings. The molecule has 2 N–H and O–H groups in total. The number of aliphatic hydroxyl groups excluding tert-OH is 1. The number of rotatable bonds is 7. The molecule has 0 saturated carbocycles. The van der Waals surface area contributed by atoms with Crippen molar-refractivity contribution in [2.45, 2.75) is 52.0 Å². The number of hydrogen-bond donors (Lipinski definition) is 2. The highest BCUT2D eigenvalue weighted by Crippen LogP contribution is 2.15. The fourth-order valence-corrected chi connectivity index (χ4v) is 4.23. The first-order valence-corrected chi connectivity index (χ1v) is 11.0. The molecule has 0 atom stereocenters. The smallest absolute Gasteiger partial charge is 0.329 e. The van der Waals surface area contributed by atoms with Gasteiger partial charge in [0.15, 0.2) is 0 Å². The molecule has 1 aliphatic heterocycles. The molecule has 0 spiro atoms. The molecule has 164 valence electrons. The fraction of sp³-hybridized carbons (Fsp3) is 0.417. The molecule has 1 aromatic heterocycles. The quantitative estimate of drug-likeness (QED) is 0.611. The minimum atomic E-state index is -0.183. The normalized spacial score (nSPS) is 15.4. The van der Waals surface area contributed by atoms with E-state index in [1.807, 2.05) is 43.3 Å². The average molecular weight is 423 g/mol. The van der Waals surface area contributed by atoms with Crippen LogP contribution in [0.2, 0.25) is 0 Å². The minimum absolute atomic E-state index is 0.00520. The van der Waals surface area contributed by atoms with Crippen LogP contribution in [0.5, 0.6) is 0 Å². The first-order chi connectivity index (χ1) is 15.0. The number of para-hydroxylation sites is 2. The van der Waals surface area contributed by atoms with Crippen molar-refractivity contribution in [1.29, 1.82) is 0 Å². The van der Waals surface area contributed by atoms with E-state index in [-0.39, 0.29) is 24.2 Å². The van der Waals surface area contributed by atoms with Gasteiger partial charge in [0.05, 0.1) is 17.1 Å². The number of hydrogen-bond acceptors (Lipinski definition) is 4. The van der Waals surface area contributed by atoms with Crippen LogP contribution in [0.4, 0.5) is 0 Å². The maximum atomic E-state index is 12.7. The third-order valence-electron chi connectivity index (χ3n) is 6.02. The Bertz CT molecular complexity index is 1090. The lowest BCUT2D eigenvalue weighted by Gasteiger charge is -2.29. The van der Waals surface area contributed by atoms with E-state index < -0.39 is 0 Å². The maximum Gasteiger partial charge on any atom is 0.329 e. The van der Waals surface area contributed by atoms with Crippen molar-refractivity contribution in [3.63, 3.8) is 0 Å². The van der Waals surface area contributed by atoms with Gasteiger partial charge in [-0.1, -0.05) is 36.4 Å². The summed E-state index contributed by atoms with van der Waals surface area (Å²) in [4.78, 5) is 27.6. The van der Waals surface area contributed by atoms with Gasteiger partial charge in [-0.25, -0.2) is 4.79 Å². The van der Waals surface area contributed by atoms with Crippen LogP contribution in [-0.2, 0) is 31.0 Å². The number of aliphatic hydroxyl groups is 1. The van der Waals surface area contributed by atoms with Crippen molar-refractivity contribution in [2.24, 2.45) is 0 Å². The van der Waals surface area contributed by atoms with Gasteiger partial charge in [-0.15, -0.1) is 0 Å². The molecule has 4 rings (SSSR count). The zero-order valence-corrected chi connectivity index (χ0v) is 18.0. The van der Waals surface area contributed by atoms with Crippen molar-refractivity contribution in [1.82, 2.24) is 19.4 Å². The van der Waals surface area contributed by atoms with Crippen molar-refractivity contribution < 1.29 is 9.90 Å². The summed E-state index contributed by atoms with van der Waals surface area (Å²) in [7, 11) is 0. The number of nitrogens with one attached hydrogen (secondary N) is 1. The van der Waals surface area contributed by atoms with Crippen LogP contribution in [0.15, 0.2) is 53.3 Å². The molecule has 2 heterocycles. The Balaban J connectivity index is 1.34. The van der Waals surface area contributed by atoms with E-state index in [1.165, 1.54) is 10.1 Å². The Morgan fingerprint density at radius 2 is 1.61 bits per heavy atom. The molecule has 0 aliphatic carbocycles. The van der Waals surface area contributed by atoms with E-state index in [1.54, 1.807) is 4.57 Å². The van der Waals surface area contributed by atoms with E-state index in [9.17, 15) is 14.7 Å². The number of likely N-dealkylation sites (tertiary alicyclic amines) is 1. The second kappa shape index (κ2) is 9.49. The Morgan fingerprint density at radius 3 is 2.26 bits per heavy atom. The fourth-order valence-electron chi connectivity index (χ4n) is 4.23. The van der Waals surface area contributed by atoms with Crippen LogP contribution in [0.25, 0.3) is 11.0 Å². The summed E-state index contributed by atoms with van der Waals surface area (Å²) in [5, 5.41) is 12.6. The molecule has 0 unspecified atom stereocenters. The Morgan fingerprint density at radius 1 is 1.00 bits per heavy atom. The summed E-state index contributed by atoms with van der Waals surface area (Å²) >= 11 is 0. The maximum absolute atomic E-state index is 12.7. The van der Waals surface area contributed by atoms with Gasteiger partial charge in [-0.3, -0.25) is 18.8 Å². The van der Waals surface area contributed by atoms with Crippen molar-refractivity contribution in [2.75, 3.05) is 13.1 Å². The summed E-state index contributed by atoms with van der Waals surface area (Å²) in [6, 6.07) is 15.8. The lowest BCUT2D eigenvalue weighted by atomic mass is 10.1. The number of amides is 1. The van der Waals surface area contributed by atoms with Crippen LogP contribution < -0.4 is 11.0 Å². The van der Waals surface area contributed by atoms with Gasteiger partial charge in [0, 0.05) is 32.7 Å². The van der Waals surface area contributed by atoms with E-state index in [0.29, 0.717) is 13.1 Å². The molecule has 1 fully saturated rings. The first kappa shape index (κ1) is 21.3. The molecule has 7 nitrogen and oxygen atoms in total. The first-order valence-electron chi connectivity index (χ1n) is 11.0. The van der Waals surface area contributed by atoms with Crippen molar-refractivity contribution in [3.8, 4) is 0 Å². The average Bonchev–Trinajstić information content (AvgIpc) is 3.05. The van der Waals surface area contributed by atoms with Crippen LogP contribution in [0.3, 0.4) is 0 Å². The number of carbonyl (C=O) groups excluding carboxylic acids is 1. The summed E-state index contributed by atoms with van der Waals surface area (Å²) in [5.74, 6) is -0.183. The number of nitrogens with zero attached hydrogens (tertiary/aromatic N) is 3. The molecule has 0 radical (unpaired) electrons. The topological polar surface area (TPSA) is 79.5 Å². The van der Waals surface area contributed by atoms with Gasteiger partial charge in [0.2, 0.25) is 5.91 Å². The number of fused-ring (bicyclic) bond motifs is 1. The SMILES string of the molecule is CCn1c(=O)n(CC(=O)NCc2ccc(CN3CCC(O)CC3)cc2)c2ccccc21. The van der Waals surface area contributed by atoms with Gasteiger partial charge in [-0.2, -0.15) is 0 Å².